The molecule has 1 aromatic carbocycles. The van der Waals surface area contributed by atoms with Crippen LogP contribution in [0.5, 0.6) is 0 Å². The van der Waals surface area contributed by atoms with Crippen molar-refractivity contribution in [2.24, 2.45) is 0 Å². The fraction of sp³-hybridized carbons (Fsp3) is 0.353. The van der Waals surface area contributed by atoms with Crippen molar-refractivity contribution >= 4 is 28.8 Å². The zero-order valence-corrected chi connectivity index (χ0v) is 14.1. The molecule has 3 nitrogen and oxygen atoms in total. The summed E-state index contributed by atoms with van der Waals surface area (Å²) in [5.41, 5.74) is 2.39. The van der Waals surface area contributed by atoms with E-state index in [4.69, 9.17) is 11.6 Å². The summed E-state index contributed by atoms with van der Waals surface area (Å²) < 4.78 is 0. The number of nitrogens with zero attached hydrogens (tertiary/aromatic N) is 1. The highest BCUT2D eigenvalue weighted by atomic mass is 35.5. The topological polar surface area (TPSA) is 32.3 Å². The van der Waals surface area contributed by atoms with Crippen molar-refractivity contribution in [2.75, 3.05) is 13.1 Å². The number of hydrogen-bond donors (Lipinski definition) is 1. The molecule has 0 bridgehead atoms. The number of benzene rings is 1. The molecule has 116 valence electrons. The highest BCUT2D eigenvalue weighted by Gasteiger charge is 2.20. The number of thiophene rings is 1. The van der Waals surface area contributed by atoms with E-state index in [1.165, 1.54) is 10.4 Å². The molecule has 0 aliphatic carbocycles. The van der Waals surface area contributed by atoms with Crippen LogP contribution in [0.25, 0.3) is 0 Å². The maximum atomic E-state index is 12.2. The van der Waals surface area contributed by atoms with E-state index in [2.05, 4.69) is 21.7 Å². The number of hydrogen-bond acceptors (Lipinski definition) is 3. The van der Waals surface area contributed by atoms with Gasteiger partial charge in [-0.2, -0.15) is 0 Å². The van der Waals surface area contributed by atoms with E-state index in [0.29, 0.717) is 11.6 Å². The van der Waals surface area contributed by atoms with Gasteiger partial charge < -0.3 is 5.32 Å². The lowest BCUT2D eigenvalue weighted by Gasteiger charge is -2.26. The molecule has 2 aromatic rings. The standard InChI is InChI=1S/C17H19ClN2OS/c1-12(13-3-2-4-15(18)9-13)19-17(21)11-20-7-5-16-14(10-20)6-8-22-16/h2-4,6,8-9,12H,5,7,10-11H2,1H3,(H,19,21). The predicted molar refractivity (Wildman–Crippen MR) is 91.3 cm³/mol. The van der Waals surface area contributed by atoms with E-state index < -0.39 is 0 Å². The summed E-state index contributed by atoms with van der Waals surface area (Å²) >= 11 is 7.81. The lowest BCUT2D eigenvalue weighted by atomic mass is 10.1. The average Bonchev–Trinajstić information content (AvgIpc) is 2.94. The van der Waals surface area contributed by atoms with Crippen LogP contribution < -0.4 is 5.32 Å². The first-order valence-corrected chi connectivity index (χ1v) is 8.70. The molecule has 1 unspecified atom stereocenters. The Hall–Kier alpha value is -1.36. The summed E-state index contributed by atoms with van der Waals surface area (Å²) in [5.74, 6) is 0.0613. The molecule has 0 spiro atoms. The Morgan fingerprint density at radius 2 is 2.32 bits per heavy atom. The minimum Gasteiger partial charge on any atom is -0.348 e. The van der Waals surface area contributed by atoms with E-state index in [1.807, 2.05) is 42.5 Å². The second kappa shape index (κ2) is 6.82. The third-order valence-corrected chi connectivity index (χ3v) is 5.24. The van der Waals surface area contributed by atoms with Gasteiger partial charge in [-0.15, -0.1) is 11.3 Å². The quantitative estimate of drug-likeness (QED) is 0.925. The van der Waals surface area contributed by atoms with E-state index in [0.717, 1.165) is 25.1 Å². The van der Waals surface area contributed by atoms with Crippen molar-refractivity contribution in [1.82, 2.24) is 10.2 Å². The molecule has 1 N–H and O–H groups in total. The SMILES string of the molecule is CC(NC(=O)CN1CCc2sccc2C1)c1cccc(Cl)c1. The Bertz CT molecular complexity index is 670. The zero-order valence-electron chi connectivity index (χ0n) is 12.5. The van der Waals surface area contributed by atoms with Gasteiger partial charge >= 0.3 is 0 Å². The van der Waals surface area contributed by atoms with Crippen molar-refractivity contribution in [3.05, 3.63) is 56.7 Å². The molecule has 22 heavy (non-hydrogen) atoms. The zero-order chi connectivity index (χ0) is 15.5. The molecule has 1 atom stereocenters. The average molecular weight is 335 g/mol. The summed E-state index contributed by atoms with van der Waals surface area (Å²) in [6, 6.07) is 9.75. The minimum absolute atomic E-state index is 0.0345. The first kappa shape index (κ1) is 15.5. The molecule has 1 aromatic heterocycles. The highest BCUT2D eigenvalue weighted by molar-refractivity contribution is 7.10. The Labute approximate surface area is 139 Å². The van der Waals surface area contributed by atoms with Crippen LogP contribution in [-0.2, 0) is 17.8 Å². The molecule has 0 radical (unpaired) electrons. The summed E-state index contributed by atoms with van der Waals surface area (Å²) in [6.45, 7) is 4.25. The van der Waals surface area contributed by atoms with Crippen LogP contribution in [0.4, 0.5) is 0 Å². The Morgan fingerprint density at radius 3 is 3.14 bits per heavy atom. The van der Waals surface area contributed by atoms with E-state index >= 15 is 0 Å². The molecule has 1 aliphatic rings. The lowest BCUT2D eigenvalue weighted by Crippen LogP contribution is -2.40. The van der Waals surface area contributed by atoms with Crippen LogP contribution in [0.15, 0.2) is 35.7 Å². The van der Waals surface area contributed by atoms with Crippen LogP contribution in [-0.4, -0.2) is 23.9 Å². The second-order valence-electron chi connectivity index (χ2n) is 5.67. The Kier molecular flexibility index (Phi) is 4.81. The monoisotopic (exact) mass is 334 g/mol. The van der Waals surface area contributed by atoms with Crippen LogP contribution >= 0.6 is 22.9 Å². The Balaban J connectivity index is 1.55. The van der Waals surface area contributed by atoms with Gasteiger partial charge in [0.15, 0.2) is 0 Å². The van der Waals surface area contributed by atoms with Gasteiger partial charge in [0.1, 0.15) is 0 Å². The highest BCUT2D eigenvalue weighted by Crippen LogP contribution is 2.24. The number of carbonyl (C=O) groups is 1. The summed E-state index contributed by atoms with van der Waals surface area (Å²) in [4.78, 5) is 15.9. The normalized spacial score (nSPS) is 16.1. The van der Waals surface area contributed by atoms with E-state index in [-0.39, 0.29) is 11.9 Å². The number of rotatable bonds is 4. The van der Waals surface area contributed by atoms with Crippen molar-refractivity contribution in [3.8, 4) is 0 Å². The lowest BCUT2D eigenvalue weighted by molar-refractivity contribution is -0.123. The van der Waals surface area contributed by atoms with Crippen LogP contribution in [0.3, 0.4) is 0 Å². The van der Waals surface area contributed by atoms with Gasteiger partial charge in [0.2, 0.25) is 5.91 Å². The Morgan fingerprint density at radius 1 is 1.45 bits per heavy atom. The largest absolute Gasteiger partial charge is 0.348 e. The molecule has 1 aliphatic heterocycles. The van der Waals surface area contributed by atoms with Crippen molar-refractivity contribution in [1.29, 1.82) is 0 Å². The number of amides is 1. The van der Waals surface area contributed by atoms with Gasteiger partial charge in [0.25, 0.3) is 0 Å². The van der Waals surface area contributed by atoms with Gasteiger partial charge in [-0.1, -0.05) is 23.7 Å². The van der Waals surface area contributed by atoms with Gasteiger partial charge in [-0.3, -0.25) is 9.69 Å². The summed E-state index contributed by atoms with van der Waals surface area (Å²) in [6.07, 6.45) is 1.05. The van der Waals surface area contributed by atoms with Crippen LogP contribution in [0, 0.1) is 0 Å². The number of nitrogens with one attached hydrogen (secondary N) is 1. The van der Waals surface area contributed by atoms with Gasteiger partial charge in [-0.25, -0.2) is 0 Å². The van der Waals surface area contributed by atoms with Crippen molar-refractivity contribution in [2.45, 2.75) is 25.9 Å². The van der Waals surface area contributed by atoms with Gasteiger partial charge in [0, 0.05) is 23.0 Å². The molecule has 1 amide bonds. The van der Waals surface area contributed by atoms with Crippen LogP contribution in [0.2, 0.25) is 5.02 Å². The molecule has 5 heteroatoms. The molecule has 2 heterocycles. The third kappa shape index (κ3) is 3.69. The number of carbonyl (C=O) groups excluding carboxylic acids is 1. The van der Waals surface area contributed by atoms with Crippen LogP contribution in [0.1, 0.15) is 29.0 Å². The van der Waals surface area contributed by atoms with E-state index in [1.54, 1.807) is 0 Å². The fourth-order valence-electron chi connectivity index (χ4n) is 2.79. The molecule has 0 saturated carbocycles. The molecule has 3 rings (SSSR count). The predicted octanol–water partition coefficient (Wildman–Crippen LogP) is 3.64. The van der Waals surface area contributed by atoms with E-state index in [9.17, 15) is 4.79 Å². The fourth-order valence-corrected chi connectivity index (χ4v) is 3.88. The maximum absolute atomic E-state index is 12.2. The first-order chi connectivity index (χ1) is 10.6. The summed E-state index contributed by atoms with van der Waals surface area (Å²) in [7, 11) is 0. The van der Waals surface area contributed by atoms with Gasteiger partial charge in [0.05, 0.1) is 12.6 Å². The molecular weight excluding hydrogens is 316 g/mol. The van der Waals surface area contributed by atoms with Crippen molar-refractivity contribution in [3.63, 3.8) is 0 Å². The first-order valence-electron chi connectivity index (χ1n) is 7.44. The number of fused-ring (bicyclic) bond motifs is 1. The van der Waals surface area contributed by atoms with Crippen molar-refractivity contribution < 1.29 is 4.79 Å². The second-order valence-corrected chi connectivity index (χ2v) is 7.11. The van der Waals surface area contributed by atoms with Gasteiger partial charge in [-0.05, 0) is 48.1 Å². The third-order valence-electron chi connectivity index (χ3n) is 3.98. The summed E-state index contributed by atoms with van der Waals surface area (Å²) in [5, 5.41) is 5.88. The minimum atomic E-state index is -0.0345. The smallest absolute Gasteiger partial charge is 0.234 e. The molecule has 0 fully saturated rings. The molecular formula is C17H19ClN2OS. The molecule has 0 saturated heterocycles. The maximum Gasteiger partial charge on any atom is 0.234 e. The number of halogens is 1.